The van der Waals surface area contributed by atoms with Crippen LogP contribution in [0.3, 0.4) is 0 Å². The van der Waals surface area contributed by atoms with E-state index in [9.17, 15) is 9.90 Å². The van der Waals surface area contributed by atoms with E-state index >= 15 is 0 Å². The van der Waals surface area contributed by atoms with Gasteiger partial charge in [-0.1, -0.05) is 6.92 Å². The number of likely N-dealkylation sites (N-methyl/N-ethyl adjacent to an activating group) is 1. The van der Waals surface area contributed by atoms with Gasteiger partial charge in [0.2, 0.25) is 0 Å². The summed E-state index contributed by atoms with van der Waals surface area (Å²) in [7, 11) is 1.77. The van der Waals surface area contributed by atoms with Gasteiger partial charge >= 0.3 is 5.97 Å². The van der Waals surface area contributed by atoms with Crippen LogP contribution < -0.4 is 5.32 Å². The largest absolute Gasteiger partial charge is 0.480 e. The van der Waals surface area contributed by atoms with E-state index in [1.165, 1.54) is 12.8 Å². The molecule has 0 amide bonds. The molecule has 0 radical (unpaired) electrons. The first kappa shape index (κ1) is 11.9. The maximum atomic E-state index is 11.3. The monoisotopic (exact) mass is 226 g/mol. The number of carboxylic acid groups (broad SMARTS) is 1. The second-order valence-electron chi connectivity index (χ2n) is 5.10. The van der Waals surface area contributed by atoms with Crippen LogP contribution in [0.25, 0.3) is 0 Å². The van der Waals surface area contributed by atoms with E-state index in [1.807, 2.05) is 0 Å². The van der Waals surface area contributed by atoms with E-state index in [2.05, 4.69) is 17.1 Å². The standard InChI is InChI=1S/C12H22N2O2/c1-3-14(9-4-5-9)10-6-7-12(8-10,13-2)11(15)16/h9-10,13H,3-8H2,1-2H3,(H,15,16). The van der Waals surface area contributed by atoms with Crippen LogP contribution in [0.4, 0.5) is 0 Å². The molecule has 0 aliphatic heterocycles. The molecular formula is C12H22N2O2. The minimum absolute atomic E-state index is 0.459. The highest BCUT2D eigenvalue weighted by atomic mass is 16.4. The number of carboxylic acids is 1. The minimum Gasteiger partial charge on any atom is -0.480 e. The molecule has 0 aromatic rings. The first-order valence-electron chi connectivity index (χ1n) is 6.31. The zero-order chi connectivity index (χ0) is 11.8. The van der Waals surface area contributed by atoms with Crippen molar-refractivity contribution in [2.75, 3.05) is 13.6 Å². The molecule has 2 rings (SSSR count). The van der Waals surface area contributed by atoms with E-state index in [4.69, 9.17) is 0 Å². The third-order valence-corrected chi connectivity index (χ3v) is 4.23. The molecule has 2 N–H and O–H groups in total. The van der Waals surface area contributed by atoms with Crippen LogP contribution in [0.2, 0.25) is 0 Å². The van der Waals surface area contributed by atoms with Crippen molar-refractivity contribution in [3.05, 3.63) is 0 Å². The maximum absolute atomic E-state index is 11.3. The second-order valence-corrected chi connectivity index (χ2v) is 5.10. The highest BCUT2D eigenvalue weighted by Crippen LogP contribution is 2.38. The molecule has 2 aliphatic rings. The number of hydrogen-bond donors (Lipinski definition) is 2. The lowest BCUT2D eigenvalue weighted by molar-refractivity contribution is -0.144. The van der Waals surface area contributed by atoms with Gasteiger partial charge in [-0.3, -0.25) is 9.69 Å². The summed E-state index contributed by atoms with van der Waals surface area (Å²) in [6.07, 6.45) is 5.11. The molecule has 0 aromatic carbocycles. The fourth-order valence-electron chi connectivity index (χ4n) is 3.05. The number of nitrogens with one attached hydrogen (secondary N) is 1. The van der Waals surface area contributed by atoms with Crippen molar-refractivity contribution in [2.24, 2.45) is 0 Å². The van der Waals surface area contributed by atoms with E-state index < -0.39 is 11.5 Å². The van der Waals surface area contributed by atoms with Crippen LogP contribution in [0.15, 0.2) is 0 Å². The van der Waals surface area contributed by atoms with Gasteiger partial charge in [-0.05, 0) is 45.7 Å². The molecule has 2 aliphatic carbocycles. The van der Waals surface area contributed by atoms with Crippen LogP contribution in [0, 0.1) is 0 Å². The van der Waals surface area contributed by atoms with Crippen molar-refractivity contribution < 1.29 is 9.90 Å². The van der Waals surface area contributed by atoms with Crippen molar-refractivity contribution in [2.45, 2.75) is 56.7 Å². The molecule has 2 atom stereocenters. The molecule has 2 saturated carbocycles. The molecule has 0 saturated heterocycles. The highest BCUT2D eigenvalue weighted by molar-refractivity contribution is 5.79. The van der Waals surface area contributed by atoms with Gasteiger partial charge in [-0.25, -0.2) is 0 Å². The lowest BCUT2D eigenvalue weighted by Gasteiger charge is -2.29. The normalized spacial score (nSPS) is 34.6. The molecule has 4 nitrogen and oxygen atoms in total. The average molecular weight is 226 g/mol. The van der Waals surface area contributed by atoms with E-state index in [0.717, 1.165) is 31.8 Å². The molecule has 0 heterocycles. The molecule has 0 bridgehead atoms. The smallest absolute Gasteiger partial charge is 0.323 e. The van der Waals surface area contributed by atoms with Crippen molar-refractivity contribution in [3.8, 4) is 0 Å². The first-order valence-corrected chi connectivity index (χ1v) is 6.31. The van der Waals surface area contributed by atoms with Crippen molar-refractivity contribution in [3.63, 3.8) is 0 Å². The van der Waals surface area contributed by atoms with Crippen LogP contribution in [-0.2, 0) is 4.79 Å². The number of hydrogen-bond acceptors (Lipinski definition) is 3. The van der Waals surface area contributed by atoms with E-state index in [0.29, 0.717) is 6.04 Å². The van der Waals surface area contributed by atoms with Gasteiger partial charge in [0.15, 0.2) is 0 Å². The Hall–Kier alpha value is -0.610. The fraction of sp³-hybridized carbons (Fsp3) is 0.917. The SMILES string of the molecule is CCN(C1CC1)C1CCC(NC)(C(=O)O)C1. The van der Waals surface area contributed by atoms with Gasteiger partial charge in [-0.15, -0.1) is 0 Å². The summed E-state index contributed by atoms with van der Waals surface area (Å²) in [6, 6.07) is 1.19. The molecule has 92 valence electrons. The Morgan fingerprint density at radius 3 is 2.50 bits per heavy atom. The summed E-state index contributed by atoms with van der Waals surface area (Å²) in [5.41, 5.74) is -0.674. The molecular weight excluding hydrogens is 204 g/mol. The molecule has 16 heavy (non-hydrogen) atoms. The number of rotatable bonds is 5. The molecule has 0 aromatic heterocycles. The van der Waals surface area contributed by atoms with Crippen LogP contribution >= 0.6 is 0 Å². The fourth-order valence-corrected chi connectivity index (χ4v) is 3.05. The summed E-state index contributed by atoms with van der Waals surface area (Å²) >= 11 is 0. The van der Waals surface area contributed by atoms with Crippen molar-refractivity contribution in [1.82, 2.24) is 10.2 Å². The number of carbonyl (C=O) groups is 1. The Morgan fingerprint density at radius 1 is 1.44 bits per heavy atom. The minimum atomic E-state index is -0.690. The predicted octanol–water partition coefficient (Wildman–Crippen LogP) is 1.07. The third-order valence-electron chi connectivity index (χ3n) is 4.23. The highest BCUT2D eigenvalue weighted by Gasteiger charge is 2.47. The summed E-state index contributed by atoms with van der Waals surface area (Å²) < 4.78 is 0. The lowest BCUT2D eigenvalue weighted by atomic mass is 9.98. The first-order chi connectivity index (χ1) is 7.63. The molecule has 2 unspecified atom stereocenters. The Morgan fingerprint density at radius 2 is 2.12 bits per heavy atom. The van der Waals surface area contributed by atoms with Gasteiger partial charge in [0, 0.05) is 12.1 Å². The Kier molecular flexibility index (Phi) is 3.22. The molecule has 4 heteroatoms. The zero-order valence-electron chi connectivity index (χ0n) is 10.2. The summed E-state index contributed by atoms with van der Waals surface area (Å²) in [5, 5.41) is 12.3. The summed E-state index contributed by atoms with van der Waals surface area (Å²) in [4.78, 5) is 13.8. The van der Waals surface area contributed by atoms with Crippen molar-refractivity contribution >= 4 is 5.97 Å². The average Bonchev–Trinajstić information content (AvgIpc) is 2.99. The lowest BCUT2D eigenvalue weighted by Crippen LogP contribution is -2.49. The Bertz CT molecular complexity index is 278. The van der Waals surface area contributed by atoms with Gasteiger partial charge in [-0.2, -0.15) is 0 Å². The van der Waals surface area contributed by atoms with Crippen LogP contribution in [0.5, 0.6) is 0 Å². The second kappa shape index (κ2) is 4.34. The summed E-state index contributed by atoms with van der Waals surface area (Å²) in [5.74, 6) is -0.690. The van der Waals surface area contributed by atoms with Gasteiger partial charge in [0.05, 0.1) is 0 Å². The van der Waals surface area contributed by atoms with Crippen LogP contribution in [0.1, 0.15) is 39.0 Å². The van der Waals surface area contributed by atoms with Gasteiger partial charge < -0.3 is 10.4 Å². The predicted molar refractivity (Wildman–Crippen MR) is 62.5 cm³/mol. The van der Waals surface area contributed by atoms with Crippen LogP contribution in [-0.4, -0.2) is 47.2 Å². The maximum Gasteiger partial charge on any atom is 0.323 e. The molecule has 2 fully saturated rings. The Balaban J connectivity index is 2.02. The zero-order valence-corrected chi connectivity index (χ0v) is 10.2. The van der Waals surface area contributed by atoms with Gasteiger partial charge in [0.1, 0.15) is 5.54 Å². The quantitative estimate of drug-likeness (QED) is 0.736. The number of nitrogens with zero attached hydrogens (tertiary/aromatic N) is 1. The van der Waals surface area contributed by atoms with E-state index in [-0.39, 0.29) is 0 Å². The van der Waals surface area contributed by atoms with Gasteiger partial charge in [0.25, 0.3) is 0 Å². The van der Waals surface area contributed by atoms with Crippen molar-refractivity contribution in [1.29, 1.82) is 0 Å². The molecule has 0 spiro atoms. The Labute approximate surface area is 97.0 Å². The topological polar surface area (TPSA) is 52.6 Å². The summed E-state index contributed by atoms with van der Waals surface area (Å²) in [6.45, 7) is 3.23. The number of aliphatic carboxylic acids is 1. The third kappa shape index (κ3) is 1.96. The van der Waals surface area contributed by atoms with E-state index in [1.54, 1.807) is 7.05 Å².